The predicted octanol–water partition coefficient (Wildman–Crippen LogP) is 2.86. The standard InChI is InChI=1S/C13H7F3N4O/c14-13(15,16)8-21-12-4-2-1-3-10(12)20-11(7-19)9(5-17)6-18/h1-4,20H,8H2. The average molecular weight is 292 g/mol. The fourth-order valence-corrected chi connectivity index (χ4v) is 1.27. The van der Waals surface area contributed by atoms with Gasteiger partial charge >= 0.3 is 6.18 Å². The molecule has 0 unspecified atom stereocenters. The topological polar surface area (TPSA) is 92.6 Å². The number of alkyl halides is 3. The summed E-state index contributed by atoms with van der Waals surface area (Å²) in [5.74, 6) is -0.155. The third-order valence-electron chi connectivity index (χ3n) is 2.12. The lowest BCUT2D eigenvalue weighted by molar-refractivity contribution is -0.153. The summed E-state index contributed by atoms with van der Waals surface area (Å²) in [6.45, 7) is -1.50. The number of benzene rings is 1. The number of allylic oxidation sites excluding steroid dienone is 2. The van der Waals surface area contributed by atoms with Crippen LogP contribution in [0.15, 0.2) is 35.5 Å². The first-order valence-corrected chi connectivity index (χ1v) is 5.41. The van der Waals surface area contributed by atoms with E-state index >= 15 is 0 Å². The molecular formula is C13H7F3N4O. The molecule has 0 heterocycles. The second kappa shape index (κ2) is 6.83. The van der Waals surface area contributed by atoms with Crippen LogP contribution in [0.3, 0.4) is 0 Å². The Kier molecular flexibility index (Phi) is 5.17. The molecule has 0 radical (unpaired) electrons. The van der Waals surface area contributed by atoms with Crippen LogP contribution in [0.2, 0.25) is 0 Å². The first-order chi connectivity index (χ1) is 9.91. The van der Waals surface area contributed by atoms with Crippen LogP contribution in [0.5, 0.6) is 5.75 Å². The zero-order chi connectivity index (χ0) is 15.9. The lowest BCUT2D eigenvalue weighted by Gasteiger charge is -2.13. The van der Waals surface area contributed by atoms with E-state index < -0.39 is 18.4 Å². The summed E-state index contributed by atoms with van der Waals surface area (Å²) in [5.41, 5.74) is -0.813. The summed E-state index contributed by atoms with van der Waals surface area (Å²) in [4.78, 5) is 0. The van der Waals surface area contributed by atoms with E-state index in [-0.39, 0.29) is 17.1 Å². The molecule has 5 nitrogen and oxygen atoms in total. The first-order valence-electron chi connectivity index (χ1n) is 5.41. The molecule has 0 atom stereocenters. The maximum absolute atomic E-state index is 12.1. The van der Waals surface area contributed by atoms with Crippen LogP contribution in [0, 0.1) is 34.0 Å². The van der Waals surface area contributed by atoms with Crippen molar-refractivity contribution >= 4 is 5.69 Å². The molecule has 0 aliphatic heterocycles. The van der Waals surface area contributed by atoms with Gasteiger partial charge in [-0.3, -0.25) is 0 Å². The van der Waals surface area contributed by atoms with E-state index in [4.69, 9.17) is 15.8 Å². The molecule has 0 saturated carbocycles. The van der Waals surface area contributed by atoms with Crippen molar-refractivity contribution in [1.29, 1.82) is 15.8 Å². The van der Waals surface area contributed by atoms with Gasteiger partial charge in [0.2, 0.25) is 0 Å². The highest BCUT2D eigenvalue weighted by Gasteiger charge is 2.28. The fourth-order valence-electron chi connectivity index (χ4n) is 1.27. The summed E-state index contributed by atoms with van der Waals surface area (Å²) in [6, 6.07) is 10.2. The van der Waals surface area contributed by atoms with Crippen molar-refractivity contribution in [3.8, 4) is 24.0 Å². The Bertz CT molecular complexity index is 658. The van der Waals surface area contributed by atoms with E-state index in [1.54, 1.807) is 6.07 Å². The molecule has 0 bridgehead atoms. The highest BCUT2D eigenvalue weighted by atomic mass is 19.4. The fraction of sp³-hybridized carbons (Fsp3) is 0.154. The van der Waals surface area contributed by atoms with Gasteiger partial charge in [0.05, 0.1) is 5.69 Å². The molecule has 0 amide bonds. The minimum absolute atomic E-state index is 0.0429. The van der Waals surface area contributed by atoms with E-state index in [2.05, 4.69) is 10.1 Å². The monoisotopic (exact) mass is 292 g/mol. The van der Waals surface area contributed by atoms with Crippen molar-refractivity contribution in [2.24, 2.45) is 0 Å². The Balaban J connectivity index is 3.06. The number of anilines is 1. The molecule has 1 aromatic carbocycles. The summed E-state index contributed by atoms with van der Waals surface area (Å²) < 4.78 is 41.0. The Labute approximate surface area is 118 Å². The van der Waals surface area contributed by atoms with Crippen LogP contribution >= 0.6 is 0 Å². The van der Waals surface area contributed by atoms with E-state index in [0.29, 0.717) is 0 Å². The van der Waals surface area contributed by atoms with E-state index in [1.807, 2.05) is 0 Å². The number of hydrogen-bond acceptors (Lipinski definition) is 5. The van der Waals surface area contributed by atoms with E-state index in [0.717, 1.165) is 0 Å². The number of ether oxygens (including phenoxy) is 1. The zero-order valence-electron chi connectivity index (χ0n) is 10.4. The van der Waals surface area contributed by atoms with Gasteiger partial charge in [0.1, 0.15) is 29.7 Å². The molecule has 21 heavy (non-hydrogen) atoms. The molecule has 0 aliphatic carbocycles. The molecule has 0 saturated heterocycles. The second-order valence-electron chi connectivity index (χ2n) is 3.61. The normalized spacial score (nSPS) is 9.71. The van der Waals surface area contributed by atoms with Gasteiger partial charge in [0.15, 0.2) is 12.2 Å². The molecule has 8 heteroatoms. The number of nitrogens with one attached hydrogen (secondary N) is 1. The van der Waals surface area contributed by atoms with Crippen LogP contribution < -0.4 is 10.1 Å². The van der Waals surface area contributed by atoms with Gasteiger partial charge in [0.25, 0.3) is 0 Å². The number of hydrogen-bond donors (Lipinski definition) is 1. The lowest BCUT2D eigenvalue weighted by atomic mass is 10.2. The van der Waals surface area contributed by atoms with E-state index in [9.17, 15) is 13.2 Å². The summed E-state index contributed by atoms with van der Waals surface area (Å²) in [7, 11) is 0. The third-order valence-corrected chi connectivity index (χ3v) is 2.12. The molecule has 1 N–H and O–H groups in total. The number of rotatable bonds is 4. The number of para-hydroxylation sites is 2. The number of halogens is 3. The Hall–Kier alpha value is -3.18. The maximum atomic E-state index is 12.1. The van der Waals surface area contributed by atoms with Crippen LogP contribution in [0.25, 0.3) is 0 Å². The molecule has 0 aromatic heterocycles. The molecule has 1 aromatic rings. The minimum Gasteiger partial charge on any atom is -0.482 e. The Morgan fingerprint density at radius 2 is 1.71 bits per heavy atom. The highest BCUT2D eigenvalue weighted by Crippen LogP contribution is 2.27. The van der Waals surface area contributed by atoms with Gasteiger partial charge < -0.3 is 10.1 Å². The quantitative estimate of drug-likeness (QED) is 0.861. The average Bonchev–Trinajstić information content (AvgIpc) is 2.45. The molecule has 0 fully saturated rings. The van der Waals surface area contributed by atoms with Crippen molar-refractivity contribution in [3.05, 3.63) is 35.5 Å². The van der Waals surface area contributed by atoms with Crippen molar-refractivity contribution in [3.63, 3.8) is 0 Å². The summed E-state index contributed by atoms with van der Waals surface area (Å²) in [5, 5.41) is 28.7. The smallest absolute Gasteiger partial charge is 0.422 e. The summed E-state index contributed by atoms with van der Waals surface area (Å²) in [6.07, 6.45) is -4.51. The van der Waals surface area contributed by atoms with Crippen molar-refractivity contribution in [1.82, 2.24) is 0 Å². The largest absolute Gasteiger partial charge is 0.482 e. The van der Waals surface area contributed by atoms with Crippen molar-refractivity contribution < 1.29 is 17.9 Å². The molecule has 0 spiro atoms. The summed E-state index contributed by atoms with van der Waals surface area (Å²) >= 11 is 0. The van der Waals surface area contributed by atoms with Gasteiger partial charge in [-0.1, -0.05) is 12.1 Å². The lowest BCUT2D eigenvalue weighted by Crippen LogP contribution is -2.19. The predicted molar refractivity (Wildman–Crippen MR) is 65.5 cm³/mol. The Morgan fingerprint density at radius 3 is 2.24 bits per heavy atom. The maximum Gasteiger partial charge on any atom is 0.422 e. The third kappa shape index (κ3) is 4.77. The van der Waals surface area contributed by atoms with Crippen LogP contribution in [-0.4, -0.2) is 12.8 Å². The number of nitrogens with zero attached hydrogens (tertiary/aromatic N) is 3. The molecular weight excluding hydrogens is 285 g/mol. The molecule has 1 rings (SSSR count). The van der Waals surface area contributed by atoms with Crippen molar-refractivity contribution in [2.45, 2.75) is 6.18 Å². The van der Waals surface area contributed by atoms with E-state index in [1.165, 1.54) is 36.4 Å². The van der Waals surface area contributed by atoms with Gasteiger partial charge in [-0.2, -0.15) is 29.0 Å². The second-order valence-corrected chi connectivity index (χ2v) is 3.61. The van der Waals surface area contributed by atoms with Crippen LogP contribution in [-0.2, 0) is 0 Å². The zero-order valence-corrected chi connectivity index (χ0v) is 10.4. The SMILES string of the molecule is N#CC(C#N)=C(C#N)Nc1ccccc1OCC(F)(F)F. The van der Waals surface area contributed by atoms with Crippen LogP contribution in [0.1, 0.15) is 0 Å². The molecule has 0 aliphatic rings. The van der Waals surface area contributed by atoms with Gasteiger partial charge in [-0.15, -0.1) is 0 Å². The minimum atomic E-state index is -4.51. The first kappa shape index (κ1) is 15.9. The van der Waals surface area contributed by atoms with Gasteiger partial charge in [-0.05, 0) is 12.1 Å². The highest BCUT2D eigenvalue weighted by molar-refractivity contribution is 5.64. The van der Waals surface area contributed by atoms with Crippen molar-refractivity contribution in [2.75, 3.05) is 11.9 Å². The van der Waals surface area contributed by atoms with Gasteiger partial charge in [0, 0.05) is 0 Å². The van der Waals surface area contributed by atoms with Gasteiger partial charge in [-0.25, -0.2) is 0 Å². The van der Waals surface area contributed by atoms with Crippen LogP contribution in [0.4, 0.5) is 18.9 Å². The molecule has 106 valence electrons. The Morgan fingerprint density at radius 1 is 1.10 bits per heavy atom. The number of nitriles is 3.